The first kappa shape index (κ1) is 16.1. The fraction of sp³-hybridized carbons (Fsp3) is 0.600. The van der Waals surface area contributed by atoms with E-state index in [-0.39, 0.29) is 17.5 Å². The zero-order chi connectivity index (χ0) is 14.8. The van der Waals surface area contributed by atoms with Crippen LogP contribution in [0.1, 0.15) is 39.3 Å². The van der Waals surface area contributed by atoms with Crippen molar-refractivity contribution < 1.29 is 8.78 Å². The quantitative estimate of drug-likeness (QED) is 0.909. The highest BCUT2D eigenvalue weighted by Crippen LogP contribution is 2.30. The maximum Gasteiger partial charge on any atom is 0.130 e. The largest absolute Gasteiger partial charge is 0.329 e. The summed E-state index contributed by atoms with van der Waals surface area (Å²) in [5.41, 5.74) is 6.29. The summed E-state index contributed by atoms with van der Waals surface area (Å²) in [4.78, 5) is 2.05. The van der Waals surface area contributed by atoms with Crippen LogP contribution in [0, 0.1) is 17.0 Å². The van der Waals surface area contributed by atoms with Crippen LogP contribution in [0.2, 0.25) is 0 Å². The highest BCUT2D eigenvalue weighted by molar-refractivity contribution is 5.23. The van der Waals surface area contributed by atoms with Gasteiger partial charge in [-0.25, -0.2) is 8.78 Å². The molecule has 19 heavy (non-hydrogen) atoms. The number of rotatable bonds is 4. The molecule has 108 valence electrons. The Morgan fingerprint density at radius 3 is 2.26 bits per heavy atom. The minimum absolute atomic E-state index is 0.0542. The molecule has 0 fully saturated rings. The number of nitrogens with two attached hydrogens (primary N) is 1. The molecule has 2 atom stereocenters. The summed E-state index contributed by atoms with van der Waals surface area (Å²) in [6, 6.07) is 3.62. The van der Waals surface area contributed by atoms with Crippen molar-refractivity contribution in [1.82, 2.24) is 4.90 Å². The van der Waals surface area contributed by atoms with Crippen molar-refractivity contribution in [2.24, 2.45) is 11.1 Å². The summed E-state index contributed by atoms with van der Waals surface area (Å²) in [6.07, 6.45) is 0. The Morgan fingerprint density at radius 1 is 1.26 bits per heavy atom. The van der Waals surface area contributed by atoms with E-state index in [0.29, 0.717) is 12.1 Å². The summed E-state index contributed by atoms with van der Waals surface area (Å²) in [5, 5.41) is 0. The van der Waals surface area contributed by atoms with Crippen molar-refractivity contribution in [3.63, 3.8) is 0 Å². The van der Waals surface area contributed by atoms with Crippen LogP contribution in [0.5, 0.6) is 0 Å². The summed E-state index contributed by atoms with van der Waals surface area (Å²) < 4.78 is 26.9. The molecule has 1 rings (SSSR count). The van der Waals surface area contributed by atoms with Gasteiger partial charge in [-0.2, -0.15) is 0 Å². The van der Waals surface area contributed by atoms with Crippen LogP contribution < -0.4 is 5.73 Å². The second kappa shape index (κ2) is 5.97. The van der Waals surface area contributed by atoms with Crippen LogP contribution in [0.25, 0.3) is 0 Å². The molecule has 0 aromatic heterocycles. The summed E-state index contributed by atoms with van der Waals surface area (Å²) >= 11 is 0. The molecule has 0 saturated heterocycles. The van der Waals surface area contributed by atoms with Crippen molar-refractivity contribution in [3.05, 3.63) is 35.4 Å². The Labute approximate surface area is 114 Å². The SMILES string of the molecule is CC(N(C)C(CN)c1ccc(F)cc1F)C(C)(C)C. The van der Waals surface area contributed by atoms with E-state index in [4.69, 9.17) is 5.73 Å². The predicted molar refractivity (Wildman–Crippen MR) is 74.8 cm³/mol. The molecule has 0 bridgehead atoms. The number of nitrogens with zero attached hydrogens (tertiary/aromatic N) is 1. The highest BCUT2D eigenvalue weighted by atomic mass is 19.1. The van der Waals surface area contributed by atoms with Gasteiger partial charge >= 0.3 is 0 Å². The fourth-order valence-corrected chi connectivity index (χ4v) is 2.17. The van der Waals surface area contributed by atoms with Crippen LogP contribution in [0.3, 0.4) is 0 Å². The maximum absolute atomic E-state index is 13.9. The van der Waals surface area contributed by atoms with E-state index in [9.17, 15) is 8.78 Å². The van der Waals surface area contributed by atoms with Crippen LogP contribution >= 0.6 is 0 Å². The van der Waals surface area contributed by atoms with Gasteiger partial charge in [-0.15, -0.1) is 0 Å². The third-order valence-electron chi connectivity index (χ3n) is 3.90. The minimum Gasteiger partial charge on any atom is -0.329 e. The van der Waals surface area contributed by atoms with Gasteiger partial charge in [0.15, 0.2) is 0 Å². The van der Waals surface area contributed by atoms with Crippen LogP contribution in [-0.2, 0) is 0 Å². The first-order chi connectivity index (χ1) is 8.68. The van der Waals surface area contributed by atoms with Crippen LogP contribution in [0.4, 0.5) is 8.78 Å². The number of hydrogen-bond acceptors (Lipinski definition) is 2. The molecule has 2 nitrogen and oxygen atoms in total. The van der Waals surface area contributed by atoms with E-state index >= 15 is 0 Å². The number of hydrogen-bond donors (Lipinski definition) is 1. The highest BCUT2D eigenvalue weighted by Gasteiger charge is 2.29. The Balaban J connectivity index is 3.06. The lowest BCUT2D eigenvalue weighted by Crippen LogP contribution is -2.44. The molecule has 4 heteroatoms. The first-order valence-electron chi connectivity index (χ1n) is 6.55. The summed E-state index contributed by atoms with van der Waals surface area (Å²) in [7, 11) is 1.93. The van der Waals surface area contributed by atoms with Gasteiger partial charge in [-0.1, -0.05) is 26.8 Å². The number of likely N-dealkylation sites (N-methyl/N-ethyl adjacent to an activating group) is 1. The molecule has 0 spiro atoms. The van der Waals surface area contributed by atoms with E-state index in [1.807, 2.05) is 7.05 Å². The van der Waals surface area contributed by atoms with Crippen molar-refractivity contribution in [2.75, 3.05) is 13.6 Å². The van der Waals surface area contributed by atoms with E-state index in [1.54, 1.807) is 0 Å². The zero-order valence-corrected chi connectivity index (χ0v) is 12.4. The van der Waals surface area contributed by atoms with Gasteiger partial charge in [0.25, 0.3) is 0 Å². The fourth-order valence-electron chi connectivity index (χ4n) is 2.17. The molecule has 0 aliphatic carbocycles. The van der Waals surface area contributed by atoms with E-state index < -0.39 is 11.6 Å². The van der Waals surface area contributed by atoms with E-state index in [0.717, 1.165) is 6.07 Å². The van der Waals surface area contributed by atoms with Crippen molar-refractivity contribution in [2.45, 2.75) is 39.8 Å². The smallest absolute Gasteiger partial charge is 0.130 e. The molecular weight excluding hydrogens is 246 g/mol. The molecule has 1 aromatic rings. The average molecular weight is 270 g/mol. The second-order valence-electron chi connectivity index (χ2n) is 6.12. The minimum atomic E-state index is -0.566. The second-order valence-corrected chi connectivity index (χ2v) is 6.12. The zero-order valence-electron chi connectivity index (χ0n) is 12.4. The Bertz CT molecular complexity index is 427. The van der Waals surface area contributed by atoms with Gasteiger partial charge in [0, 0.05) is 30.3 Å². The molecule has 2 N–H and O–H groups in total. The Morgan fingerprint density at radius 2 is 1.84 bits per heavy atom. The molecule has 0 aliphatic rings. The predicted octanol–water partition coefficient (Wildman–Crippen LogP) is 3.33. The molecule has 0 heterocycles. The number of benzene rings is 1. The first-order valence-corrected chi connectivity index (χ1v) is 6.55. The van der Waals surface area contributed by atoms with Crippen molar-refractivity contribution in [1.29, 1.82) is 0 Å². The monoisotopic (exact) mass is 270 g/mol. The third kappa shape index (κ3) is 3.74. The molecule has 2 unspecified atom stereocenters. The van der Waals surface area contributed by atoms with Gasteiger partial charge in [0.1, 0.15) is 11.6 Å². The van der Waals surface area contributed by atoms with E-state index in [1.165, 1.54) is 12.1 Å². The van der Waals surface area contributed by atoms with Gasteiger partial charge in [-0.05, 0) is 25.5 Å². The molecule has 0 amide bonds. The van der Waals surface area contributed by atoms with Gasteiger partial charge in [0.2, 0.25) is 0 Å². The van der Waals surface area contributed by atoms with Crippen LogP contribution in [0.15, 0.2) is 18.2 Å². The lowest BCUT2D eigenvalue weighted by atomic mass is 9.86. The van der Waals surface area contributed by atoms with E-state index in [2.05, 4.69) is 32.6 Å². The topological polar surface area (TPSA) is 29.3 Å². The van der Waals surface area contributed by atoms with Crippen molar-refractivity contribution >= 4 is 0 Å². The molecule has 1 aromatic carbocycles. The van der Waals surface area contributed by atoms with Gasteiger partial charge < -0.3 is 5.73 Å². The summed E-state index contributed by atoms with van der Waals surface area (Å²) in [6.45, 7) is 8.76. The number of halogens is 2. The standard InChI is InChI=1S/C15H24F2N2/c1-10(15(2,3)4)19(5)14(9-18)12-7-6-11(16)8-13(12)17/h6-8,10,14H,9,18H2,1-5H3. The Kier molecular flexibility index (Phi) is 5.04. The van der Waals surface area contributed by atoms with Gasteiger partial charge in [-0.3, -0.25) is 4.90 Å². The summed E-state index contributed by atoms with van der Waals surface area (Å²) in [5.74, 6) is -1.10. The average Bonchev–Trinajstić information content (AvgIpc) is 2.30. The van der Waals surface area contributed by atoms with Crippen LogP contribution in [-0.4, -0.2) is 24.5 Å². The van der Waals surface area contributed by atoms with Crippen molar-refractivity contribution in [3.8, 4) is 0 Å². The normalized spacial score (nSPS) is 15.6. The molecule has 0 radical (unpaired) electrons. The maximum atomic E-state index is 13.9. The molecular formula is C15H24F2N2. The lowest BCUT2D eigenvalue weighted by Gasteiger charge is -2.40. The third-order valence-corrected chi connectivity index (χ3v) is 3.90. The van der Waals surface area contributed by atoms with Gasteiger partial charge in [0.05, 0.1) is 0 Å². The Hall–Kier alpha value is -1.00. The lowest BCUT2D eigenvalue weighted by molar-refractivity contribution is 0.0984. The molecule has 0 saturated carbocycles. The molecule has 0 aliphatic heterocycles.